The van der Waals surface area contributed by atoms with Gasteiger partial charge in [0.2, 0.25) is 5.91 Å². The van der Waals surface area contributed by atoms with Crippen molar-refractivity contribution in [3.8, 4) is 17.2 Å². The molecule has 3 aromatic carbocycles. The van der Waals surface area contributed by atoms with Crippen LogP contribution in [0.25, 0.3) is 10.9 Å². The molecule has 0 aliphatic carbocycles. The number of aromatic nitrogens is 1. The van der Waals surface area contributed by atoms with Crippen LogP contribution in [0, 0.1) is 0 Å². The van der Waals surface area contributed by atoms with Gasteiger partial charge in [-0.15, -0.1) is 0 Å². The van der Waals surface area contributed by atoms with Crippen LogP contribution in [0.4, 0.5) is 10.5 Å². The number of hydrogen-bond donors (Lipinski definition) is 2. The smallest absolute Gasteiger partial charge is 0.322 e. The second kappa shape index (κ2) is 14.8. The van der Waals surface area contributed by atoms with E-state index in [9.17, 15) is 9.59 Å². The summed E-state index contributed by atoms with van der Waals surface area (Å²) in [5.41, 5.74) is 3.70. The molecule has 222 valence electrons. The van der Waals surface area contributed by atoms with Crippen LogP contribution in [-0.4, -0.2) is 67.7 Å². The fourth-order valence-corrected chi connectivity index (χ4v) is 4.80. The summed E-state index contributed by atoms with van der Waals surface area (Å²) in [6, 6.07) is 20.7. The highest BCUT2D eigenvalue weighted by Gasteiger charge is 2.23. The first-order valence-corrected chi connectivity index (χ1v) is 14.2. The Bertz CT molecular complexity index is 1470. The standard InChI is InChI=1S/C33H40N4O5/c1-5-6-18-37(33(39)35-30-16-15-27(41-3)20-31(30)42-4)23-32(38)36(22-24-11-13-26(40-2)14-12-24)19-17-25-21-34-29-10-8-7-9-28(25)29/h7-16,20-21,34H,5-6,17-19,22-23H2,1-4H3,(H,35,39). The number of ether oxygens (including phenoxy) is 3. The Hall–Kier alpha value is -4.66. The average Bonchev–Trinajstić information content (AvgIpc) is 3.44. The van der Waals surface area contributed by atoms with Gasteiger partial charge in [-0.25, -0.2) is 4.79 Å². The van der Waals surface area contributed by atoms with E-state index in [1.165, 1.54) is 7.11 Å². The van der Waals surface area contributed by atoms with Gasteiger partial charge in [0.15, 0.2) is 0 Å². The number of amides is 3. The number of fused-ring (bicyclic) bond motifs is 1. The first-order chi connectivity index (χ1) is 20.4. The summed E-state index contributed by atoms with van der Waals surface area (Å²) in [6.07, 6.45) is 4.34. The highest BCUT2D eigenvalue weighted by Crippen LogP contribution is 2.29. The third-order valence-electron chi connectivity index (χ3n) is 7.26. The lowest BCUT2D eigenvalue weighted by Crippen LogP contribution is -2.45. The normalized spacial score (nSPS) is 10.8. The van der Waals surface area contributed by atoms with Crippen molar-refractivity contribution < 1.29 is 23.8 Å². The number of benzene rings is 3. The van der Waals surface area contributed by atoms with Crippen LogP contribution in [0.2, 0.25) is 0 Å². The van der Waals surface area contributed by atoms with Crippen molar-refractivity contribution in [1.82, 2.24) is 14.8 Å². The molecule has 0 fully saturated rings. The van der Waals surface area contributed by atoms with Gasteiger partial charge in [0.25, 0.3) is 0 Å². The van der Waals surface area contributed by atoms with E-state index >= 15 is 0 Å². The predicted molar refractivity (Wildman–Crippen MR) is 165 cm³/mol. The monoisotopic (exact) mass is 572 g/mol. The molecule has 0 unspecified atom stereocenters. The number of carbonyl (C=O) groups excluding carboxylic acids is 2. The van der Waals surface area contributed by atoms with Crippen molar-refractivity contribution in [2.24, 2.45) is 0 Å². The van der Waals surface area contributed by atoms with Gasteiger partial charge >= 0.3 is 6.03 Å². The zero-order chi connectivity index (χ0) is 29.9. The molecule has 9 heteroatoms. The molecule has 2 N–H and O–H groups in total. The van der Waals surface area contributed by atoms with E-state index in [0.717, 1.165) is 40.6 Å². The maximum absolute atomic E-state index is 13.9. The number of nitrogens with zero attached hydrogens (tertiary/aromatic N) is 2. The largest absolute Gasteiger partial charge is 0.497 e. The number of hydrogen-bond acceptors (Lipinski definition) is 5. The van der Waals surface area contributed by atoms with E-state index in [-0.39, 0.29) is 18.5 Å². The molecule has 4 aromatic rings. The Balaban J connectivity index is 1.53. The van der Waals surface area contributed by atoms with Crippen LogP contribution >= 0.6 is 0 Å². The molecule has 0 bridgehead atoms. The Kier molecular flexibility index (Phi) is 10.7. The third kappa shape index (κ3) is 7.75. The van der Waals surface area contributed by atoms with Gasteiger partial charge < -0.3 is 34.3 Å². The topological polar surface area (TPSA) is 96.1 Å². The van der Waals surface area contributed by atoms with E-state index < -0.39 is 0 Å². The highest BCUT2D eigenvalue weighted by molar-refractivity contribution is 5.93. The van der Waals surface area contributed by atoms with Crippen LogP contribution in [0.1, 0.15) is 30.9 Å². The number of aromatic amines is 1. The number of urea groups is 1. The van der Waals surface area contributed by atoms with E-state index in [4.69, 9.17) is 14.2 Å². The average molecular weight is 573 g/mol. The van der Waals surface area contributed by atoms with Crippen LogP contribution in [0.15, 0.2) is 72.9 Å². The lowest BCUT2D eigenvalue weighted by atomic mass is 10.1. The third-order valence-corrected chi connectivity index (χ3v) is 7.26. The molecule has 1 aromatic heterocycles. The summed E-state index contributed by atoms with van der Waals surface area (Å²) in [6.45, 7) is 3.38. The maximum Gasteiger partial charge on any atom is 0.322 e. The van der Waals surface area contributed by atoms with Gasteiger partial charge in [0.05, 0.1) is 27.0 Å². The van der Waals surface area contributed by atoms with Crippen molar-refractivity contribution in [3.05, 3.63) is 84.1 Å². The van der Waals surface area contributed by atoms with Gasteiger partial charge in [-0.3, -0.25) is 4.79 Å². The quantitative estimate of drug-likeness (QED) is 0.190. The fraction of sp³-hybridized carbons (Fsp3) is 0.333. The molecule has 0 spiro atoms. The summed E-state index contributed by atoms with van der Waals surface area (Å²) in [5.74, 6) is 1.72. The Morgan fingerprint density at radius 3 is 2.31 bits per heavy atom. The first-order valence-electron chi connectivity index (χ1n) is 14.2. The molecule has 0 saturated carbocycles. The van der Waals surface area contributed by atoms with Gasteiger partial charge in [-0.2, -0.15) is 0 Å². The summed E-state index contributed by atoms with van der Waals surface area (Å²) in [5, 5.41) is 4.07. The lowest BCUT2D eigenvalue weighted by Gasteiger charge is -2.28. The van der Waals surface area contributed by atoms with Crippen molar-refractivity contribution in [2.75, 3.05) is 46.3 Å². The molecule has 0 saturated heterocycles. The minimum Gasteiger partial charge on any atom is -0.497 e. The number of carbonyl (C=O) groups is 2. The van der Waals surface area contributed by atoms with Crippen molar-refractivity contribution >= 4 is 28.5 Å². The number of H-pyrrole nitrogens is 1. The summed E-state index contributed by atoms with van der Waals surface area (Å²) < 4.78 is 16.0. The Morgan fingerprint density at radius 2 is 1.60 bits per heavy atom. The molecule has 1 heterocycles. The number of nitrogens with one attached hydrogen (secondary N) is 2. The van der Waals surface area contributed by atoms with Crippen molar-refractivity contribution in [2.45, 2.75) is 32.7 Å². The van der Waals surface area contributed by atoms with E-state index in [1.807, 2.05) is 53.6 Å². The first kappa shape index (κ1) is 30.3. The second-order valence-electron chi connectivity index (χ2n) is 10.0. The molecule has 0 atom stereocenters. The molecule has 4 rings (SSSR count). The highest BCUT2D eigenvalue weighted by atomic mass is 16.5. The number of rotatable bonds is 14. The number of unbranched alkanes of at least 4 members (excludes halogenated alkanes) is 1. The van der Waals surface area contributed by atoms with Gasteiger partial charge in [0, 0.05) is 42.8 Å². The SMILES string of the molecule is CCCCN(CC(=O)N(CCc1c[nH]c2ccccc12)Cc1ccc(OC)cc1)C(=O)Nc1ccc(OC)cc1OC. The van der Waals surface area contributed by atoms with E-state index in [2.05, 4.69) is 23.3 Å². The summed E-state index contributed by atoms with van der Waals surface area (Å²) in [4.78, 5) is 34.0. The molecule has 42 heavy (non-hydrogen) atoms. The summed E-state index contributed by atoms with van der Waals surface area (Å²) in [7, 11) is 4.73. The zero-order valence-electron chi connectivity index (χ0n) is 24.8. The molecule has 0 aliphatic heterocycles. The Labute approximate surface area is 247 Å². The van der Waals surface area contributed by atoms with Crippen LogP contribution in [-0.2, 0) is 17.8 Å². The second-order valence-corrected chi connectivity index (χ2v) is 10.0. The van der Waals surface area contributed by atoms with Crippen molar-refractivity contribution in [1.29, 1.82) is 0 Å². The maximum atomic E-state index is 13.9. The molecule has 3 amide bonds. The van der Waals surface area contributed by atoms with Crippen LogP contribution in [0.5, 0.6) is 17.2 Å². The number of para-hydroxylation sites is 1. The lowest BCUT2D eigenvalue weighted by molar-refractivity contribution is -0.132. The summed E-state index contributed by atoms with van der Waals surface area (Å²) >= 11 is 0. The molecule has 0 radical (unpaired) electrons. The molecular weight excluding hydrogens is 532 g/mol. The molecular formula is C33H40N4O5. The van der Waals surface area contributed by atoms with Crippen LogP contribution < -0.4 is 19.5 Å². The fourth-order valence-electron chi connectivity index (χ4n) is 4.80. The van der Waals surface area contributed by atoms with Gasteiger partial charge in [-0.05, 0) is 54.3 Å². The molecule has 9 nitrogen and oxygen atoms in total. The minimum absolute atomic E-state index is 0.0473. The van der Waals surface area contributed by atoms with Crippen molar-refractivity contribution in [3.63, 3.8) is 0 Å². The molecule has 0 aliphatic rings. The zero-order valence-corrected chi connectivity index (χ0v) is 24.8. The van der Waals surface area contributed by atoms with E-state index in [0.29, 0.717) is 43.2 Å². The predicted octanol–water partition coefficient (Wildman–Crippen LogP) is 6.10. The number of anilines is 1. The van der Waals surface area contributed by atoms with Crippen LogP contribution in [0.3, 0.4) is 0 Å². The van der Waals surface area contributed by atoms with E-state index in [1.54, 1.807) is 37.3 Å². The number of methoxy groups -OCH3 is 3. The minimum atomic E-state index is -0.360. The van der Waals surface area contributed by atoms with Gasteiger partial charge in [0.1, 0.15) is 23.8 Å². The van der Waals surface area contributed by atoms with Gasteiger partial charge in [-0.1, -0.05) is 43.7 Å². The Morgan fingerprint density at radius 1 is 0.857 bits per heavy atom.